The van der Waals surface area contributed by atoms with Crippen molar-refractivity contribution in [2.24, 2.45) is 0 Å². The van der Waals surface area contributed by atoms with Gasteiger partial charge < -0.3 is 15.2 Å². The molecule has 0 saturated heterocycles. The van der Waals surface area contributed by atoms with E-state index in [9.17, 15) is 9.90 Å². The van der Waals surface area contributed by atoms with E-state index < -0.39 is 5.97 Å². The molecule has 17 heavy (non-hydrogen) atoms. The van der Waals surface area contributed by atoms with Crippen LogP contribution in [0.4, 0.5) is 5.13 Å². The molecule has 0 aliphatic heterocycles. The molecule has 1 fully saturated rings. The maximum Gasteiger partial charge on any atom is 1.00 e. The zero-order valence-corrected chi connectivity index (χ0v) is 11.1. The predicted octanol–water partition coefficient (Wildman–Crippen LogP) is -1.82. The van der Waals surface area contributed by atoms with E-state index in [1.807, 2.05) is 0 Å². The summed E-state index contributed by atoms with van der Waals surface area (Å²) in [7, 11) is 0. The second-order valence-electron chi connectivity index (χ2n) is 4.59. The largest absolute Gasteiger partial charge is 1.00 e. The summed E-state index contributed by atoms with van der Waals surface area (Å²) in [4.78, 5) is 14.7. The molecular weight excluding hydrogens is 231 g/mol. The quantitative estimate of drug-likeness (QED) is 0.636. The minimum Gasteiger partial charge on any atom is -0.550 e. The first kappa shape index (κ1) is 14.6. The molecule has 4 nitrogen and oxygen atoms in total. The third-order valence-corrected chi connectivity index (χ3v) is 3.80. The van der Waals surface area contributed by atoms with E-state index in [1.54, 1.807) is 5.38 Å². The Morgan fingerprint density at radius 2 is 2.24 bits per heavy atom. The Balaban J connectivity index is 0.00000144. The molecule has 1 heterocycles. The van der Waals surface area contributed by atoms with Gasteiger partial charge in [-0.3, -0.25) is 0 Å². The Hall–Kier alpha value is -0.503. The average molecular weight is 246 g/mol. The molecule has 0 radical (unpaired) electrons. The van der Waals surface area contributed by atoms with E-state index in [2.05, 4.69) is 17.2 Å². The first-order chi connectivity index (χ1) is 7.57. The van der Waals surface area contributed by atoms with Gasteiger partial charge in [-0.2, -0.15) is 0 Å². The Morgan fingerprint density at radius 3 is 2.82 bits per heavy atom. The standard InChI is InChI=1S/C11H16N2O2S.Li/c1-11(4-2-3-5-11)13-10-12-8(7-16-10)6-9(14)15;/h7H,2-6H2,1H3,(H,12,13)(H,14,15);/q;+1/p-1. The molecule has 0 aromatic carbocycles. The number of carboxylic acid groups (broad SMARTS) is 1. The first-order valence-electron chi connectivity index (χ1n) is 5.50. The molecule has 0 unspecified atom stereocenters. The minimum absolute atomic E-state index is 0. The summed E-state index contributed by atoms with van der Waals surface area (Å²) >= 11 is 1.46. The monoisotopic (exact) mass is 246 g/mol. The first-order valence-corrected chi connectivity index (χ1v) is 6.38. The topological polar surface area (TPSA) is 65.0 Å². The van der Waals surface area contributed by atoms with E-state index in [1.165, 1.54) is 24.2 Å². The van der Waals surface area contributed by atoms with Crippen LogP contribution in [0.5, 0.6) is 0 Å². The smallest absolute Gasteiger partial charge is 0.550 e. The molecule has 0 atom stereocenters. The van der Waals surface area contributed by atoms with Gasteiger partial charge in [0.25, 0.3) is 0 Å². The molecule has 6 heteroatoms. The minimum atomic E-state index is -1.08. The van der Waals surface area contributed by atoms with Crippen LogP contribution in [0.1, 0.15) is 38.3 Å². The van der Waals surface area contributed by atoms with Crippen molar-refractivity contribution in [3.63, 3.8) is 0 Å². The van der Waals surface area contributed by atoms with Gasteiger partial charge in [-0.05, 0) is 19.8 Å². The van der Waals surface area contributed by atoms with Gasteiger partial charge in [0, 0.05) is 23.3 Å². The number of nitrogens with one attached hydrogen (secondary N) is 1. The Labute approximate surface area is 117 Å². The van der Waals surface area contributed by atoms with Gasteiger partial charge in [-0.25, -0.2) is 4.98 Å². The molecule has 0 bridgehead atoms. The molecule has 2 rings (SSSR count). The van der Waals surface area contributed by atoms with Gasteiger partial charge in [0.15, 0.2) is 5.13 Å². The Kier molecular flexibility index (Phi) is 5.05. The number of anilines is 1. The van der Waals surface area contributed by atoms with Crippen LogP contribution in [0.25, 0.3) is 0 Å². The number of aromatic nitrogens is 1. The van der Waals surface area contributed by atoms with Crippen molar-refractivity contribution in [1.82, 2.24) is 4.98 Å². The number of thiazole rings is 1. The van der Waals surface area contributed by atoms with Crippen molar-refractivity contribution in [3.8, 4) is 0 Å². The van der Waals surface area contributed by atoms with Crippen LogP contribution in [0.2, 0.25) is 0 Å². The van der Waals surface area contributed by atoms with Crippen LogP contribution >= 0.6 is 11.3 Å². The SMILES string of the molecule is CC1(Nc2nc(CC(=O)[O-])cs2)CCCC1.[Li+]. The van der Waals surface area contributed by atoms with Gasteiger partial charge in [0.1, 0.15) is 0 Å². The van der Waals surface area contributed by atoms with Crippen LogP contribution in [0.15, 0.2) is 5.38 Å². The average Bonchev–Trinajstić information content (AvgIpc) is 2.75. The molecule has 1 aromatic heterocycles. The summed E-state index contributed by atoms with van der Waals surface area (Å²) in [5, 5.41) is 16.4. The number of hydrogen-bond acceptors (Lipinski definition) is 5. The van der Waals surface area contributed by atoms with Crippen LogP contribution in [0, 0.1) is 0 Å². The maximum atomic E-state index is 10.4. The number of aliphatic carboxylic acids is 1. The molecule has 1 aliphatic rings. The number of carbonyl (C=O) groups excluding carboxylic acids is 1. The van der Waals surface area contributed by atoms with E-state index in [0.29, 0.717) is 5.69 Å². The van der Waals surface area contributed by atoms with E-state index >= 15 is 0 Å². The molecule has 0 amide bonds. The number of hydrogen-bond donors (Lipinski definition) is 1. The summed E-state index contributed by atoms with van der Waals surface area (Å²) < 4.78 is 0. The van der Waals surface area contributed by atoms with Crippen molar-refractivity contribution in [1.29, 1.82) is 0 Å². The summed E-state index contributed by atoms with van der Waals surface area (Å²) in [6.07, 6.45) is 4.71. The van der Waals surface area contributed by atoms with Crippen LogP contribution < -0.4 is 29.3 Å². The van der Waals surface area contributed by atoms with E-state index in [-0.39, 0.29) is 30.8 Å². The predicted molar refractivity (Wildman–Crippen MR) is 61.3 cm³/mol. The molecule has 1 aromatic rings. The normalized spacial score (nSPS) is 17.5. The second-order valence-corrected chi connectivity index (χ2v) is 5.44. The molecule has 0 spiro atoms. The molecule has 1 aliphatic carbocycles. The number of carbonyl (C=O) groups is 1. The number of nitrogens with zero attached hydrogens (tertiary/aromatic N) is 1. The van der Waals surface area contributed by atoms with Crippen molar-refractivity contribution in [2.75, 3.05) is 5.32 Å². The fourth-order valence-electron chi connectivity index (χ4n) is 2.13. The van der Waals surface area contributed by atoms with Crippen molar-refractivity contribution >= 4 is 22.4 Å². The molecule has 88 valence electrons. The van der Waals surface area contributed by atoms with Crippen LogP contribution in [0.3, 0.4) is 0 Å². The van der Waals surface area contributed by atoms with Crippen LogP contribution in [-0.4, -0.2) is 16.5 Å². The number of carboxylic acids is 1. The van der Waals surface area contributed by atoms with Gasteiger partial charge >= 0.3 is 18.9 Å². The zero-order chi connectivity index (χ0) is 11.6. The second kappa shape index (κ2) is 5.90. The third-order valence-electron chi connectivity index (χ3n) is 2.99. The molecular formula is C11H15LiN2O2S. The van der Waals surface area contributed by atoms with Crippen molar-refractivity contribution in [2.45, 2.75) is 44.6 Å². The maximum absolute atomic E-state index is 10.4. The van der Waals surface area contributed by atoms with Gasteiger partial charge in [0.2, 0.25) is 0 Å². The van der Waals surface area contributed by atoms with Crippen molar-refractivity contribution < 1.29 is 28.8 Å². The van der Waals surface area contributed by atoms with Crippen molar-refractivity contribution in [3.05, 3.63) is 11.1 Å². The van der Waals surface area contributed by atoms with Crippen LogP contribution in [-0.2, 0) is 11.2 Å². The van der Waals surface area contributed by atoms with Gasteiger partial charge in [-0.1, -0.05) is 12.8 Å². The van der Waals surface area contributed by atoms with E-state index in [4.69, 9.17) is 0 Å². The van der Waals surface area contributed by atoms with Gasteiger partial charge in [-0.15, -0.1) is 11.3 Å². The summed E-state index contributed by atoms with van der Waals surface area (Å²) in [5.74, 6) is -1.08. The third kappa shape index (κ3) is 4.02. The summed E-state index contributed by atoms with van der Waals surface area (Å²) in [6, 6.07) is 0. The summed E-state index contributed by atoms with van der Waals surface area (Å²) in [5.41, 5.74) is 0.713. The zero-order valence-electron chi connectivity index (χ0n) is 10.3. The Morgan fingerprint density at radius 1 is 1.59 bits per heavy atom. The number of rotatable bonds is 4. The fourth-order valence-corrected chi connectivity index (χ4v) is 2.99. The molecule has 1 saturated carbocycles. The summed E-state index contributed by atoms with van der Waals surface area (Å²) in [6.45, 7) is 2.19. The van der Waals surface area contributed by atoms with E-state index in [0.717, 1.165) is 18.0 Å². The fraction of sp³-hybridized carbons (Fsp3) is 0.636. The molecule has 1 N–H and O–H groups in total. The Bertz CT molecular complexity index is 389. The van der Waals surface area contributed by atoms with Gasteiger partial charge in [0.05, 0.1) is 5.69 Å².